The molecule has 17 nitrogen and oxygen atoms in total. The number of aromatic nitrogens is 7. The first kappa shape index (κ1) is 48.3. The maximum atomic E-state index is 13.8. The molecule has 0 amide bonds. The van der Waals surface area contributed by atoms with Crippen LogP contribution in [0, 0.1) is 22.7 Å². The van der Waals surface area contributed by atoms with Gasteiger partial charge in [0.15, 0.2) is 0 Å². The Morgan fingerprint density at radius 1 is 0.528 bits per heavy atom. The SMILES string of the molecule is N#Cc1ccccc1Cn1c(N2CCCC(N)C2)cc(=O)n(Cc2ccc(-n3cccn3)cc2)c1=O.N#Cc1ccccc1Cn1c(N2CCCC(N)C2)cc(=O)n(Cc2cccc(-n3cccc3)c2)c1=O. The van der Waals surface area contributed by atoms with E-state index in [9.17, 15) is 29.7 Å². The van der Waals surface area contributed by atoms with E-state index in [-0.39, 0.29) is 49.4 Å². The number of rotatable bonds is 12. The molecule has 4 aromatic carbocycles. The van der Waals surface area contributed by atoms with Crippen molar-refractivity contribution in [2.75, 3.05) is 36.0 Å². The van der Waals surface area contributed by atoms with Gasteiger partial charge in [-0.1, -0.05) is 60.7 Å². The van der Waals surface area contributed by atoms with Gasteiger partial charge in [0, 0.05) is 80.9 Å². The molecule has 10 rings (SSSR count). The molecule has 72 heavy (non-hydrogen) atoms. The highest BCUT2D eigenvalue weighted by Gasteiger charge is 2.25. The Bertz CT molecular complexity index is 3500. The van der Waals surface area contributed by atoms with Gasteiger partial charge in [0.2, 0.25) is 0 Å². The van der Waals surface area contributed by atoms with Crippen LogP contribution in [-0.2, 0) is 26.2 Å². The van der Waals surface area contributed by atoms with E-state index in [2.05, 4.69) is 17.2 Å². The van der Waals surface area contributed by atoms with Gasteiger partial charge in [-0.05, 0) is 103 Å². The van der Waals surface area contributed by atoms with E-state index in [0.717, 1.165) is 65.9 Å². The molecule has 2 unspecified atom stereocenters. The average Bonchev–Trinajstić information content (AvgIpc) is 4.16. The number of nitrogens with two attached hydrogens (primary N) is 2. The largest absolute Gasteiger partial charge is 0.356 e. The minimum Gasteiger partial charge on any atom is -0.356 e. The third kappa shape index (κ3) is 10.8. The summed E-state index contributed by atoms with van der Waals surface area (Å²) in [6.07, 6.45) is 11.0. The summed E-state index contributed by atoms with van der Waals surface area (Å²) in [5.74, 6) is 1.09. The zero-order valence-electron chi connectivity index (χ0n) is 39.8. The van der Waals surface area contributed by atoms with Gasteiger partial charge < -0.3 is 25.8 Å². The molecule has 6 heterocycles. The molecule has 4 N–H and O–H groups in total. The molecule has 2 fully saturated rings. The Kier molecular flexibility index (Phi) is 14.7. The van der Waals surface area contributed by atoms with E-state index in [0.29, 0.717) is 42.4 Å². The van der Waals surface area contributed by atoms with Crippen molar-refractivity contribution in [3.05, 3.63) is 227 Å². The molecular formula is C55H55N13O4. The summed E-state index contributed by atoms with van der Waals surface area (Å²) in [4.78, 5) is 58.1. The summed E-state index contributed by atoms with van der Waals surface area (Å²) in [5.41, 5.74) is 16.8. The van der Waals surface area contributed by atoms with E-state index in [1.165, 1.54) is 21.3 Å². The first-order valence-electron chi connectivity index (χ1n) is 24.0. The molecule has 17 heteroatoms. The predicted octanol–water partition coefficient (Wildman–Crippen LogP) is 4.79. The summed E-state index contributed by atoms with van der Waals surface area (Å²) >= 11 is 0. The fraction of sp³-hybridized carbons (Fsp3) is 0.255. The standard InChI is InChI=1S/C28H28N6O2.C27H27N7O2/c29-17-22-8-1-2-9-23(22)19-33-26(32-14-6-10-24(30)20-32)16-27(35)34(28(33)36)18-21-7-5-11-25(15-21)31-12-3-4-13-31;28-16-21-5-1-2-6-22(21)18-32-25(31-13-3-7-23(29)19-31)15-26(35)33(27(32)36)17-20-8-10-24(11-9-20)34-14-4-12-30-34/h1-5,7-9,11-13,15-16,24H,6,10,14,18-20,30H2;1-2,4-6,8-12,14-15,23H,3,7,13,17-19,29H2. The molecule has 364 valence electrons. The number of piperidine rings is 2. The second kappa shape index (κ2) is 21.9. The monoisotopic (exact) mass is 961 g/mol. The lowest BCUT2D eigenvalue weighted by Crippen LogP contribution is -2.48. The quantitative estimate of drug-likeness (QED) is 0.170. The van der Waals surface area contributed by atoms with Crippen LogP contribution in [0.1, 0.15) is 59.1 Å². The zero-order chi connectivity index (χ0) is 50.1. The van der Waals surface area contributed by atoms with Crippen LogP contribution < -0.4 is 43.8 Å². The molecule has 0 saturated carbocycles. The fourth-order valence-electron chi connectivity index (χ4n) is 9.50. The first-order chi connectivity index (χ1) is 35.1. The number of nitrogens with zero attached hydrogens (tertiary/aromatic N) is 11. The Balaban J connectivity index is 0.000000178. The van der Waals surface area contributed by atoms with E-state index >= 15 is 0 Å². The maximum Gasteiger partial charge on any atom is 0.333 e. The molecule has 0 radical (unpaired) electrons. The second-order valence-electron chi connectivity index (χ2n) is 18.2. The molecule has 4 aromatic heterocycles. The summed E-state index contributed by atoms with van der Waals surface area (Å²) in [5, 5.41) is 23.4. The minimum absolute atomic E-state index is 0.0208. The summed E-state index contributed by atoms with van der Waals surface area (Å²) in [7, 11) is 0. The Morgan fingerprint density at radius 2 is 1.06 bits per heavy atom. The van der Waals surface area contributed by atoms with Crippen LogP contribution >= 0.6 is 0 Å². The number of nitriles is 2. The number of anilines is 2. The maximum absolute atomic E-state index is 13.8. The molecule has 2 aliphatic rings. The van der Waals surface area contributed by atoms with E-state index < -0.39 is 11.4 Å². The second-order valence-corrected chi connectivity index (χ2v) is 18.2. The van der Waals surface area contributed by atoms with Crippen LogP contribution in [0.5, 0.6) is 0 Å². The van der Waals surface area contributed by atoms with E-state index in [4.69, 9.17) is 11.5 Å². The average molecular weight is 962 g/mol. The van der Waals surface area contributed by atoms with Crippen molar-refractivity contribution in [1.29, 1.82) is 10.5 Å². The molecule has 2 aliphatic heterocycles. The molecule has 0 spiro atoms. The highest BCUT2D eigenvalue weighted by Crippen LogP contribution is 2.22. The number of hydrogen-bond donors (Lipinski definition) is 2. The highest BCUT2D eigenvalue weighted by molar-refractivity contribution is 5.45. The molecule has 0 aliphatic carbocycles. The zero-order valence-corrected chi connectivity index (χ0v) is 39.8. The van der Waals surface area contributed by atoms with Crippen molar-refractivity contribution in [2.45, 2.75) is 63.9 Å². The van der Waals surface area contributed by atoms with Crippen molar-refractivity contribution in [3.8, 4) is 23.5 Å². The molecular weight excluding hydrogens is 907 g/mol. The molecule has 2 atom stereocenters. The van der Waals surface area contributed by atoms with Crippen molar-refractivity contribution >= 4 is 11.6 Å². The van der Waals surface area contributed by atoms with Crippen LogP contribution in [0.25, 0.3) is 11.4 Å². The van der Waals surface area contributed by atoms with Gasteiger partial charge in [-0.3, -0.25) is 27.9 Å². The molecule has 8 aromatic rings. The highest BCUT2D eigenvalue weighted by atomic mass is 16.2. The van der Waals surface area contributed by atoms with Gasteiger partial charge >= 0.3 is 11.4 Å². The lowest BCUT2D eigenvalue weighted by Gasteiger charge is -2.34. The Morgan fingerprint density at radius 3 is 1.56 bits per heavy atom. The summed E-state index contributed by atoms with van der Waals surface area (Å²) in [6, 6.07) is 42.9. The van der Waals surface area contributed by atoms with Gasteiger partial charge in [-0.25, -0.2) is 14.3 Å². The molecule has 0 bridgehead atoms. The van der Waals surface area contributed by atoms with Gasteiger partial charge in [0.25, 0.3) is 11.1 Å². The molecule has 2 saturated heterocycles. The van der Waals surface area contributed by atoms with Crippen molar-refractivity contribution < 1.29 is 0 Å². The normalized spacial score (nSPS) is 15.6. The third-order valence-corrected chi connectivity index (χ3v) is 13.2. The van der Waals surface area contributed by atoms with E-state index in [1.54, 1.807) is 44.3 Å². The number of hydrogen-bond acceptors (Lipinski definition) is 11. The van der Waals surface area contributed by atoms with Gasteiger partial charge in [-0.15, -0.1) is 0 Å². The van der Waals surface area contributed by atoms with Crippen molar-refractivity contribution in [1.82, 2.24) is 32.6 Å². The van der Waals surface area contributed by atoms with Crippen molar-refractivity contribution in [3.63, 3.8) is 0 Å². The minimum atomic E-state index is -0.416. The summed E-state index contributed by atoms with van der Waals surface area (Å²) in [6.45, 7) is 3.22. The predicted molar refractivity (Wildman–Crippen MR) is 277 cm³/mol. The Hall–Kier alpha value is -8.77. The fourth-order valence-corrected chi connectivity index (χ4v) is 9.50. The lowest BCUT2D eigenvalue weighted by atomic mass is 10.1. The van der Waals surface area contributed by atoms with Crippen LogP contribution in [0.15, 0.2) is 171 Å². The van der Waals surface area contributed by atoms with Crippen molar-refractivity contribution in [2.24, 2.45) is 11.5 Å². The van der Waals surface area contributed by atoms with Crippen LogP contribution in [0.4, 0.5) is 11.6 Å². The smallest absolute Gasteiger partial charge is 0.333 e. The first-order valence-corrected chi connectivity index (χ1v) is 24.0. The summed E-state index contributed by atoms with van der Waals surface area (Å²) < 4.78 is 9.42. The van der Waals surface area contributed by atoms with Gasteiger partial charge in [0.05, 0.1) is 55.1 Å². The van der Waals surface area contributed by atoms with Crippen LogP contribution in [0.2, 0.25) is 0 Å². The number of benzene rings is 4. The van der Waals surface area contributed by atoms with Gasteiger partial charge in [0.1, 0.15) is 11.6 Å². The van der Waals surface area contributed by atoms with Crippen LogP contribution in [-0.4, -0.2) is 70.9 Å². The third-order valence-electron chi connectivity index (χ3n) is 13.2. The van der Waals surface area contributed by atoms with Gasteiger partial charge in [-0.2, -0.15) is 15.6 Å². The lowest BCUT2D eigenvalue weighted by molar-refractivity contribution is 0.490. The topological polar surface area (TPSA) is 217 Å². The van der Waals surface area contributed by atoms with Crippen LogP contribution in [0.3, 0.4) is 0 Å². The Labute approximate surface area is 415 Å². The van der Waals surface area contributed by atoms with E-state index in [1.807, 2.05) is 124 Å².